The Morgan fingerprint density at radius 2 is 2.44 bits per heavy atom. The van der Waals surface area contributed by atoms with Crippen molar-refractivity contribution in [1.29, 1.82) is 0 Å². The zero-order valence-corrected chi connectivity index (χ0v) is 10.6. The van der Waals surface area contributed by atoms with Gasteiger partial charge in [-0.05, 0) is 26.3 Å². The van der Waals surface area contributed by atoms with Gasteiger partial charge in [-0.15, -0.1) is 0 Å². The van der Waals surface area contributed by atoms with E-state index in [1.807, 2.05) is 25.5 Å². The standard InChI is InChI=1S/C13H18N4O/c1-10-6-11(18-16-10)8-17-9-14-7-13(17)12-4-2-3-5-15-12/h6-7,9,12,15H,2-5,8H2,1H3. The Labute approximate surface area is 106 Å². The van der Waals surface area contributed by atoms with Gasteiger partial charge in [-0.25, -0.2) is 4.98 Å². The van der Waals surface area contributed by atoms with Crippen molar-refractivity contribution in [3.05, 3.63) is 35.7 Å². The molecule has 0 spiro atoms. The fourth-order valence-corrected chi connectivity index (χ4v) is 2.52. The zero-order valence-electron chi connectivity index (χ0n) is 10.6. The minimum atomic E-state index is 0.422. The quantitative estimate of drug-likeness (QED) is 0.900. The Bertz CT molecular complexity index is 511. The van der Waals surface area contributed by atoms with Crippen LogP contribution in [0.5, 0.6) is 0 Å². The summed E-state index contributed by atoms with van der Waals surface area (Å²) in [6.45, 7) is 3.73. The SMILES string of the molecule is Cc1cc(Cn2cncc2C2CCCCN2)on1. The van der Waals surface area contributed by atoms with Crippen molar-refractivity contribution in [1.82, 2.24) is 20.0 Å². The Kier molecular flexibility index (Phi) is 3.15. The van der Waals surface area contributed by atoms with Crippen LogP contribution < -0.4 is 5.32 Å². The topological polar surface area (TPSA) is 55.9 Å². The van der Waals surface area contributed by atoms with Crippen molar-refractivity contribution in [2.75, 3.05) is 6.54 Å². The Balaban J connectivity index is 1.78. The number of rotatable bonds is 3. The molecular weight excluding hydrogens is 228 g/mol. The minimum Gasteiger partial charge on any atom is -0.359 e. The van der Waals surface area contributed by atoms with Crippen LogP contribution in [0.2, 0.25) is 0 Å². The molecule has 1 aliphatic rings. The number of hydrogen-bond donors (Lipinski definition) is 1. The molecule has 2 aromatic heterocycles. The second kappa shape index (κ2) is 4.94. The molecule has 0 radical (unpaired) electrons. The third-order valence-corrected chi connectivity index (χ3v) is 3.41. The van der Waals surface area contributed by atoms with Gasteiger partial charge >= 0.3 is 0 Å². The molecule has 1 atom stereocenters. The maximum absolute atomic E-state index is 5.26. The Hall–Kier alpha value is -1.62. The van der Waals surface area contributed by atoms with Gasteiger partial charge in [-0.3, -0.25) is 0 Å². The van der Waals surface area contributed by atoms with E-state index in [9.17, 15) is 0 Å². The summed E-state index contributed by atoms with van der Waals surface area (Å²) in [5.41, 5.74) is 2.16. The van der Waals surface area contributed by atoms with E-state index in [4.69, 9.17) is 4.52 Å². The number of hydrogen-bond acceptors (Lipinski definition) is 4. The summed E-state index contributed by atoms with van der Waals surface area (Å²) in [7, 11) is 0. The normalized spacial score (nSPS) is 20.2. The van der Waals surface area contributed by atoms with Gasteiger partial charge in [0.1, 0.15) is 0 Å². The predicted molar refractivity (Wildman–Crippen MR) is 67.2 cm³/mol. The zero-order chi connectivity index (χ0) is 12.4. The lowest BCUT2D eigenvalue weighted by atomic mass is 10.0. The molecule has 1 N–H and O–H groups in total. The molecule has 3 heterocycles. The van der Waals surface area contributed by atoms with E-state index in [0.717, 1.165) is 18.0 Å². The van der Waals surface area contributed by atoms with Crippen molar-refractivity contribution in [3.63, 3.8) is 0 Å². The third kappa shape index (κ3) is 2.31. The molecule has 2 aromatic rings. The van der Waals surface area contributed by atoms with E-state index in [-0.39, 0.29) is 0 Å². The first-order valence-electron chi connectivity index (χ1n) is 6.48. The monoisotopic (exact) mass is 246 g/mol. The first kappa shape index (κ1) is 11.5. The molecule has 0 aliphatic carbocycles. The van der Waals surface area contributed by atoms with E-state index < -0.39 is 0 Å². The number of aromatic nitrogens is 3. The highest BCUT2D eigenvalue weighted by Crippen LogP contribution is 2.23. The van der Waals surface area contributed by atoms with Gasteiger partial charge in [0.05, 0.1) is 24.3 Å². The number of nitrogens with zero attached hydrogens (tertiary/aromatic N) is 3. The summed E-state index contributed by atoms with van der Waals surface area (Å²) in [6.07, 6.45) is 7.55. The molecule has 5 nitrogen and oxygen atoms in total. The van der Waals surface area contributed by atoms with Crippen LogP contribution >= 0.6 is 0 Å². The van der Waals surface area contributed by atoms with Crippen LogP contribution in [0.4, 0.5) is 0 Å². The van der Waals surface area contributed by atoms with Crippen molar-refractivity contribution in [2.24, 2.45) is 0 Å². The summed E-state index contributed by atoms with van der Waals surface area (Å²) < 4.78 is 7.40. The highest BCUT2D eigenvalue weighted by Gasteiger charge is 2.18. The van der Waals surface area contributed by atoms with Crippen LogP contribution in [0, 0.1) is 6.92 Å². The molecule has 1 saturated heterocycles. The summed E-state index contributed by atoms with van der Waals surface area (Å²) in [5.74, 6) is 0.877. The van der Waals surface area contributed by atoms with Crippen LogP contribution in [0.15, 0.2) is 23.1 Å². The maximum atomic E-state index is 5.26. The molecule has 1 aliphatic heterocycles. The Morgan fingerprint density at radius 1 is 1.50 bits per heavy atom. The second-order valence-corrected chi connectivity index (χ2v) is 4.88. The maximum Gasteiger partial charge on any atom is 0.156 e. The smallest absolute Gasteiger partial charge is 0.156 e. The van der Waals surface area contributed by atoms with E-state index in [2.05, 4.69) is 20.0 Å². The molecule has 3 rings (SSSR count). The van der Waals surface area contributed by atoms with Crippen molar-refractivity contribution < 1.29 is 4.52 Å². The van der Waals surface area contributed by atoms with Gasteiger partial charge < -0.3 is 14.4 Å². The molecule has 18 heavy (non-hydrogen) atoms. The molecular formula is C13H18N4O. The minimum absolute atomic E-state index is 0.422. The van der Waals surface area contributed by atoms with Gasteiger partial charge in [-0.1, -0.05) is 11.6 Å². The van der Waals surface area contributed by atoms with E-state index in [1.54, 1.807) is 0 Å². The largest absolute Gasteiger partial charge is 0.359 e. The van der Waals surface area contributed by atoms with Crippen LogP contribution in [0.1, 0.15) is 42.5 Å². The highest BCUT2D eigenvalue weighted by atomic mass is 16.5. The molecule has 0 aromatic carbocycles. The molecule has 1 fully saturated rings. The summed E-state index contributed by atoms with van der Waals surface area (Å²) in [6, 6.07) is 2.39. The second-order valence-electron chi connectivity index (χ2n) is 4.88. The first-order chi connectivity index (χ1) is 8.83. The lowest BCUT2D eigenvalue weighted by Gasteiger charge is -2.24. The van der Waals surface area contributed by atoms with Crippen LogP contribution in [-0.4, -0.2) is 21.3 Å². The van der Waals surface area contributed by atoms with Crippen LogP contribution in [0.25, 0.3) is 0 Å². The van der Waals surface area contributed by atoms with Crippen molar-refractivity contribution >= 4 is 0 Å². The molecule has 0 amide bonds. The van der Waals surface area contributed by atoms with Gasteiger partial charge in [0.25, 0.3) is 0 Å². The van der Waals surface area contributed by atoms with Gasteiger partial charge in [0.2, 0.25) is 0 Å². The summed E-state index contributed by atoms with van der Waals surface area (Å²) in [5, 5.41) is 7.46. The third-order valence-electron chi connectivity index (χ3n) is 3.41. The first-order valence-corrected chi connectivity index (χ1v) is 6.48. The fraction of sp³-hybridized carbons (Fsp3) is 0.538. The average Bonchev–Trinajstić information content (AvgIpc) is 3.00. The lowest BCUT2D eigenvalue weighted by Crippen LogP contribution is -2.28. The van der Waals surface area contributed by atoms with E-state index >= 15 is 0 Å². The van der Waals surface area contributed by atoms with Crippen LogP contribution in [0.3, 0.4) is 0 Å². The van der Waals surface area contributed by atoms with Gasteiger partial charge in [-0.2, -0.15) is 0 Å². The van der Waals surface area contributed by atoms with E-state index in [1.165, 1.54) is 25.0 Å². The Morgan fingerprint density at radius 3 is 3.17 bits per heavy atom. The van der Waals surface area contributed by atoms with E-state index in [0.29, 0.717) is 12.6 Å². The molecule has 0 bridgehead atoms. The number of aryl methyl sites for hydroxylation is 1. The molecule has 96 valence electrons. The van der Waals surface area contributed by atoms with Crippen LogP contribution in [-0.2, 0) is 6.54 Å². The number of nitrogens with one attached hydrogen (secondary N) is 1. The van der Waals surface area contributed by atoms with Crippen molar-refractivity contribution in [2.45, 2.75) is 38.8 Å². The average molecular weight is 246 g/mol. The van der Waals surface area contributed by atoms with Gasteiger partial charge in [0, 0.05) is 18.3 Å². The fourth-order valence-electron chi connectivity index (χ4n) is 2.52. The highest BCUT2D eigenvalue weighted by molar-refractivity contribution is 5.10. The predicted octanol–water partition coefficient (Wildman–Crippen LogP) is 2.04. The molecule has 1 unspecified atom stereocenters. The summed E-state index contributed by atoms with van der Waals surface area (Å²) in [4.78, 5) is 4.26. The lowest BCUT2D eigenvalue weighted by molar-refractivity contribution is 0.361. The van der Waals surface area contributed by atoms with Crippen molar-refractivity contribution in [3.8, 4) is 0 Å². The number of imidazole rings is 1. The molecule has 5 heteroatoms. The summed E-state index contributed by atoms with van der Waals surface area (Å²) >= 11 is 0. The number of piperidine rings is 1. The molecule has 0 saturated carbocycles. The van der Waals surface area contributed by atoms with Gasteiger partial charge in [0.15, 0.2) is 5.76 Å².